The second-order valence-electron chi connectivity index (χ2n) is 7.99. The maximum Gasteiger partial charge on any atom is 0.221 e. The highest BCUT2D eigenvalue weighted by atomic mass is 16.4. The van der Waals surface area contributed by atoms with Crippen molar-refractivity contribution in [1.82, 2.24) is 10.3 Å². The minimum absolute atomic E-state index is 0.0799. The van der Waals surface area contributed by atoms with Crippen LogP contribution < -0.4 is 5.32 Å². The van der Waals surface area contributed by atoms with Crippen molar-refractivity contribution in [2.24, 2.45) is 0 Å². The number of oxazole rings is 1. The Morgan fingerprint density at radius 1 is 0.879 bits per heavy atom. The van der Waals surface area contributed by atoms with Crippen LogP contribution in [0.15, 0.2) is 99.8 Å². The molecule has 1 unspecified atom stereocenters. The zero-order valence-corrected chi connectivity index (χ0v) is 18.3. The van der Waals surface area contributed by atoms with Crippen LogP contribution in [0.3, 0.4) is 0 Å². The average Bonchev–Trinajstić information content (AvgIpc) is 3.49. The Balaban J connectivity index is 1.30. The molecule has 5 heteroatoms. The number of nitrogens with zero attached hydrogens (tertiary/aromatic N) is 1. The van der Waals surface area contributed by atoms with E-state index in [0.717, 1.165) is 33.6 Å². The van der Waals surface area contributed by atoms with Crippen LogP contribution in [-0.2, 0) is 11.2 Å². The van der Waals surface area contributed by atoms with Gasteiger partial charge in [0.1, 0.15) is 17.0 Å². The Hall–Kier alpha value is -4.12. The number of amides is 1. The predicted molar refractivity (Wildman–Crippen MR) is 128 cm³/mol. The molecule has 1 atom stereocenters. The molecule has 0 saturated carbocycles. The summed E-state index contributed by atoms with van der Waals surface area (Å²) in [6, 6.07) is 29.4. The van der Waals surface area contributed by atoms with Crippen molar-refractivity contribution >= 4 is 16.9 Å². The van der Waals surface area contributed by atoms with Crippen molar-refractivity contribution in [2.75, 3.05) is 0 Å². The van der Waals surface area contributed by atoms with Gasteiger partial charge in [0, 0.05) is 29.4 Å². The number of furan rings is 1. The third-order valence-corrected chi connectivity index (χ3v) is 5.57. The lowest BCUT2D eigenvalue weighted by atomic mass is 10.1. The molecule has 5 nitrogen and oxygen atoms in total. The third kappa shape index (κ3) is 4.58. The van der Waals surface area contributed by atoms with Gasteiger partial charge in [-0.2, -0.15) is 0 Å². The summed E-state index contributed by atoms with van der Waals surface area (Å²) in [7, 11) is 0. The van der Waals surface area contributed by atoms with E-state index in [-0.39, 0.29) is 18.4 Å². The van der Waals surface area contributed by atoms with Gasteiger partial charge in [0.2, 0.25) is 5.91 Å². The molecular weight excluding hydrogens is 412 g/mol. The fourth-order valence-electron chi connectivity index (χ4n) is 3.87. The van der Waals surface area contributed by atoms with E-state index in [1.165, 1.54) is 0 Å². The number of hydrogen-bond acceptors (Lipinski definition) is 4. The molecule has 33 heavy (non-hydrogen) atoms. The zero-order valence-electron chi connectivity index (χ0n) is 18.3. The Labute approximate surface area is 192 Å². The number of aryl methyl sites for hydroxylation is 1. The van der Waals surface area contributed by atoms with E-state index in [1.54, 1.807) is 0 Å². The molecule has 164 valence electrons. The molecule has 5 rings (SSSR count). The van der Waals surface area contributed by atoms with Crippen molar-refractivity contribution in [3.63, 3.8) is 0 Å². The highest BCUT2D eigenvalue weighted by Crippen LogP contribution is 2.33. The Bertz CT molecular complexity index is 1280. The van der Waals surface area contributed by atoms with Crippen LogP contribution >= 0.6 is 0 Å². The largest absolute Gasteiger partial charge is 0.459 e. The Morgan fingerprint density at radius 3 is 2.27 bits per heavy atom. The third-order valence-electron chi connectivity index (χ3n) is 5.57. The van der Waals surface area contributed by atoms with Crippen LogP contribution in [0.1, 0.15) is 31.0 Å². The highest BCUT2D eigenvalue weighted by Gasteiger charge is 2.19. The molecule has 0 bridgehead atoms. The molecule has 1 amide bonds. The first kappa shape index (κ1) is 20.8. The van der Waals surface area contributed by atoms with Crippen LogP contribution in [0.25, 0.3) is 33.6 Å². The zero-order chi connectivity index (χ0) is 22.6. The standard InChI is InChI=1S/C28H24N2O3/c1-19(24-18-22-14-8-9-15-23(22)32-24)29-25(31)16-17-26-30-27(20-10-4-2-5-11-20)28(33-26)21-12-6-3-7-13-21/h2-15,18-19H,16-17H2,1H3,(H,29,31). The van der Waals surface area contributed by atoms with E-state index in [4.69, 9.17) is 13.8 Å². The van der Waals surface area contributed by atoms with Gasteiger partial charge in [0.15, 0.2) is 11.7 Å². The van der Waals surface area contributed by atoms with E-state index in [0.29, 0.717) is 18.1 Å². The molecule has 1 N–H and O–H groups in total. The average molecular weight is 437 g/mol. The van der Waals surface area contributed by atoms with Gasteiger partial charge in [-0.05, 0) is 19.1 Å². The van der Waals surface area contributed by atoms with E-state index in [2.05, 4.69) is 5.32 Å². The lowest BCUT2D eigenvalue weighted by Gasteiger charge is -2.10. The number of benzene rings is 3. The maximum atomic E-state index is 12.6. The van der Waals surface area contributed by atoms with Crippen molar-refractivity contribution in [3.8, 4) is 22.6 Å². The van der Waals surface area contributed by atoms with Gasteiger partial charge in [0.25, 0.3) is 0 Å². The lowest BCUT2D eigenvalue weighted by molar-refractivity contribution is -0.121. The normalized spacial score (nSPS) is 12.0. The van der Waals surface area contributed by atoms with Gasteiger partial charge >= 0.3 is 0 Å². The summed E-state index contributed by atoms with van der Waals surface area (Å²) in [4.78, 5) is 17.4. The van der Waals surface area contributed by atoms with Crippen molar-refractivity contribution < 1.29 is 13.6 Å². The fourth-order valence-corrected chi connectivity index (χ4v) is 3.87. The molecule has 0 spiro atoms. The van der Waals surface area contributed by atoms with Crippen LogP contribution in [0, 0.1) is 0 Å². The van der Waals surface area contributed by atoms with Gasteiger partial charge in [-0.25, -0.2) is 4.98 Å². The minimum Gasteiger partial charge on any atom is -0.459 e. The summed E-state index contributed by atoms with van der Waals surface area (Å²) in [5, 5.41) is 4.03. The van der Waals surface area contributed by atoms with E-state index < -0.39 is 0 Å². The summed E-state index contributed by atoms with van der Waals surface area (Å²) >= 11 is 0. The number of carbonyl (C=O) groups is 1. The van der Waals surface area contributed by atoms with Crippen LogP contribution in [0.5, 0.6) is 0 Å². The van der Waals surface area contributed by atoms with Crippen LogP contribution in [-0.4, -0.2) is 10.9 Å². The van der Waals surface area contributed by atoms with Gasteiger partial charge in [-0.1, -0.05) is 78.9 Å². The summed E-state index contributed by atoms with van der Waals surface area (Å²) in [6.07, 6.45) is 0.679. The van der Waals surface area contributed by atoms with Crippen molar-refractivity contribution in [1.29, 1.82) is 0 Å². The fraction of sp³-hybridized carbons (Fsp3) is 0.143. The number of rotatable bonds is 7. The summed E-state index contributed by atoms with van der Waals surface area (Å²) < 4.78 is 12.0. The van der Waals surface area contributed by atoms with Crippen molar-refractivity contribution in [2.45, 2.75) is 25.8 Å². The molecule has 5 aromatic rings. The molecule has 0 radical (unpaired) electrons. The molecular formula is C28H24N2O3. The monoisotopic (exact) mass is 436 g/mol. The predicted octanol–water partition coefficient (Wildman–Crippen LogP) is 6.56. The van der Waals surface area contributed by atoms with Gasteiger partial charge in [0.05, 0.1) is 6.04 Å². The molecule has 0 aliphatic heterocycles. The minimum atomic E-state index is -0.228. The second-order valence-corrected chi connectivity index (χ2v) is 7.99. The number of carbonyl (C=O) groups excluding carboxylic acids is 1. The quantitative estimate of drug-likeness (QED) is 0.313. The summed E-state index contributed by atoms with van der Waals surface area (Å²) in [5.74, 6) is 1.91. The van der Waals surface area contributed by atoms with E-state index in [9.17, 15) is 4.79 Å². The number of hydrogen-bond donors (Lipinski definition) is 1. The van der Waals surface area contributed by atoms with Gasteiger partial charge < -0.3 is 14.2 Å². The molecule has 0 aliphatic carbocycles. The van der Waals surface area contributed by atoms with E-state index in [1.807, 2.05) is 97.9 Å². The van der Waals surface area contributed by atoms with E-state index >= 15 is 0 Å². The summed E-state index contributed by atoms with van der Waals surface area (Å²) in [5.41, 5.74) is 3.54. The topological polar surface area (TPSA) is 68.3 Å². The lowest BCUT2D eigenvalue weighted by Crippen LogP contribution is -2.26. The van der Waals surface area contributed by atoms with Gasteiger partial charge in [-0.3, -0.25) is 4.79 Å². The van der Waals surface area contributed by atoms with Crippen LogP contribution in [0.2, 0.25) is 0 Å². The highest BCUT2D eigenvalue weighted by molar-refractivity contribution is 5.80. The number of fused-ring (bicyclic) bond motifs is 1. The second kappa shape index (κ2) is 9.17. The molecule has 0 saturated heterocycles. The first-order valence-electron chi connectivity index (χ1n) is 11.1. The van der Waals surface area contributed by atoms with Crippen LogP contribution in [0.4, 0.5) is 0 Å². The SMILES string of the molecule is CC(NC(=O)CCc1nc(-c2ccccc2)c(-c2ccccc2)o1)c1cc2ccccc2o1. The molecule has 2 aromatic heterocycles. The van der Waals surface area contributed by atoms with Crippen molar-refractivity contribution in [3.05, 3.63) is 103 Å². The van der Waals surface area contributed by atoms with Gasteiger partial charge in [-0.15, -0.1) is 0 Å². The number of nitrogens with one attached hydrogen (secondary N) is 1. The Morgan fingerprint density at radius 2 is 1.55 bits per heavy atom. The first-order chi connectivity index (χ1) is 16.2. The summed E-state index contributed by atoms with van der Waals surface area (Å²) in [6.45, 7) is 1.92. The molecule has 3 aromatic carbocycles. The smallest absolute Gasteiger partial charge is 0.221 e. The number of para-hydroxylation sites is 1. The molecule has 0 fully saturated rings. The Kier molecular flexibility index (Phi) is 5.77. The first-order valence-corrected chi connectivity index (χ1v) is 11.1. The molecule has 0 aliphatic rings. The maximum absolute atomic E-state index is 12.6. The number of aromatic nitrogens is 1. The molecule has 2 heterocycles.